The van der Waals surface area contributed by atoms with Gasteiger partial charge in [-0.2, -0.15) is 0 Å². The molecule has 3 aromatic rings. The van der Waals surface area contributed by atoms with Gasteiger partial charge in [-0.05, 0) is 78.9 Å². The highest BCUT2D eigenvalue weighted by Gasteiger charge is 2.44. The van der Waals surface area contributed by atoms with Crippen molar-refractivity contribution in [3.63, 3.8) is 0 Å². The fraction of sp³-hybridized carbons (Fsp3) is 0.387. The largest absolute Gasteiger partial charge is 0.494 e. The Bertz CT molecular complexity index is 1260. The van der Waals surface area contributed by atoms with Crippen molar-refractivity contribution >= 4 is 35.0 Å². The molecule has 4 rings (SSSR count). The summed E-state index contributed by atoms with van der Waals surface area (Å²) in [5, 5.41) is 35.6. The number of nitrogens with one attached hydrogen (secondary N) is 1. The Morgan fingerprint density at radius 1 is 0.975 bits per heavy atom. The molecule has 1 fully saturated rings. The summed E-state index contributed by atoms with van der Waals surface area (Å²) in [6, 6.07) is 20.7. The third-order valence-corrected chi connectivity index (χ3v) is 8.24. The fourth-order valence-electron chi connectivity index (χ4n) is 4.62. The number of thioether (sulfide) groups is 1. The van der Waals surface area contributed by atoms with Crippen molar-refractivity contribution in [2.24, 2.45) is 0 Å². The van der Waals surface area contributed by atoms with Crippen LogP contribution in [0.2, 0.25) is 5.02 Å². The molecular weight excluding hydrogens is 550 g/mol. The lowest BCUT2D eigenvalue weighted by atomic mass is 9.90. The van der Waals surface area contributed by atoms with E-state index in [1.807, 2.05) is 68.4 Å². The van der Waals surface area contributed by atoms with E-state index in [2.05, 4.69) is 5.32 Å². The summed E-state index contributed by atoms with van der Waals surface area (Å²) in [7, 11) is 0. The minimum absolute atomic E-state index is 0.0231. The van der Waals surface area contributed by atoms with Crippen LogP contribution in [-0.4, -0.2) is 58.0 Å². The molecule has 0 aliphatic carbocycles. The van der Waals surface area contributed by atoms with Crippen LogP contribution in [0.4, 0.5) is 5.69 Å². The Hall–Kier alpha value is -2.59. The number of benzene rings is 3. The van der Waals surface area contributed by atoms with Gasteiger partial charge in [-0.15, -0.1) is 11.8 Å². The first kappa shape index (κ1) is 30.4. The predicted molar refractivity (Wildman–Crippen MR) is 158 cm³/mol. The molecule has 7 nitrogen and oxygen atoms in total. The average Bonchev–Trinajstić information content (AvgIpc) is 2.95. The van der Waals surface area contributed by atoms with E-state index in [9.17, 15) is 20.1 Å². The second kappa shape index (κ2) is 14.3. The van der Waals surface area contributed by atoms with Gasteiger partial charge in [0.1, 0.15) is 30.2 Å². The van der Waals surface area contributed by atoms with Crippen molar-refractivity contribution in [1.82, 2.24) is 0 Å². The molecule has 40 heavy (non-hydrogen) atoms. The maximum Gasteiger partial charge on any atom is 0.224 e. The molecule has 0 unspecified atom stereocenters. The molecule has 0 radical (unpaired) electrons. The predicted octanol–water partition coefficient (Wildman–Crippen LogP) is 5.38. The second-order valence-electron chi connectivity index (χ2n) is 9.81. The number of ether oxygens (including phenoxy) is 2. The zero-order chi connectivity index (χ0) is 28.6. The average molecular weight is 586 g/mol. The van der Waals surface area contributed by atoms with Crippen molar-refractivity contribution in [1.29, 1.82) is 0 Å². The third-order valence-electron chi connectivity index (χ3n) is 6.77. The van der Waals surface area contributed by atoms with Gasteiger partial charge in [-0.3, -0.25) is 4.79 Å². The van der Waals surface area contributed by atoms with E-state index in [-0.39, 0.29) is 5.91 Å². The zero-order valence-electron chi connectivity index (χ0n) is 22.6. The van der Waals surface area contributed by atoms with Crippen LogP contribution in [0.25, 0.3) is 0 Å². The number of anilines is 1. The van der Waals surface area contributed by atoms with Crippen molar-refractivity contribution in [3.8, 4) is 5.75 Å². The van der Waals surface area contributed by atoms with Crippen LogP contribution in [0.1, 0.15) is 49.5 Å². The number of carbonyl (C=O) groups is 1. The molecule has 4 N–H and O–H groups in total. The third kappa shape index (κ3) is 7.78. The van der Waals surface area contributed by atoms with Gasteiger partial charge in [0.15, 0.2) is 0 Å². The van der Waals surface area contributed by atoms with Crippen LogP contribution < -0.4 is 10.1 Å². The van der Waals surface area contributed by atoms with Gasteiger partial charge in [-0.25, -0.2) is 0 Å². The molecule has 1 amide bonds. The molecule has 1 aliphatic heterocycles. The number of aliphatic hydroxyl groups excluding tert-OH is 3. The molecule has 0 saturated carbocycles. The Balaban J connectivity index is 1.43. The molecule has 1 aliphatic rings. The Labute approximate surface area is 244 Å². The van der Waals surface area contributed by atoms with E-state index in [0.29, 0.717) is 35.8 Å². The maximum atomic E-state index is 11.8. The summed E-state index contributed by atoms with van der Waals surface area (Å²) in [6.07, 6.45) is -3.65. The van der Waals surface area contributed by atoms with Crippen molar-refractivity contribution in [2.45, 2.75) is 68.5 Å². The van der Waals surface area contributed by atoms with Crippen LogP contribution in [0.15, 0.2) is 71.6 Å². The van der Waals surface area contributed by atoms with Gasteiger partial charge in [-0.1, -0.05) is 42.8 Å². The van der Waals surface area contributed by atoms with Gasteiger partial charge in [0.25, 0.3) is 0 Å². The molecule has 214 valence electrons. The van der Waals surface area contributed by atoms with Crippen LogP contribution in [0.5, 0.6) is 5.75 Å². The minimum Gasteiger partial charge on any atom is -0.494 e. The fourth-order valence-corrected chi connectivity index (χ4v) is 5.77. The highest BCUT2D eigenvalue weighted by Crippen LogP contribution is 2.36. The number of aliphatic hydroxyl groups is 3. The summed E-state index contributed by atoms with van der Waals surface area (Å²) < 4.78 is 11.7. The number of amides is 1. The Morgan fingerprint density at radius 3 is 2.38 bits per heavy atom. The van der Waals surface area contributed by atoms with E-state index < -0.39 is 30.5 Å². The topological polar surface area (TPSA) is 108 Å². The molecule has 9 heteroatoms. The van der Waals surface area contributed by atoms with E-state index in [1.54, 1.807) is 12.1 Å². The number of rotatable bonds is 11. The normalized spacial score (nSPS) is 22.6. The van der Waals surface area contributed by atoms with Gasteiger partial charge in [0.05, 0.1) is 12.7 Å². The SMILES string of the molecule is CCCC(=O)Nc1ccc(SC[C@H]2O[C@@H](c3ccc(Cl)c(Cc4ccc(OCC)cc4)c3)[C@H](O)[C@@H](O)[C@@H]2O)cc1. The first-order chi connectivity index (χ1) is 19.3. The first-order valence-electron chi connectivity index (χ1n) is 13.5. The van der Waals surface area contributed by atoms with Crippen LogP contribution in [0, 0.1) is 0 Å². The number of hydrogen-bond acceptors (Lipinski definition) is 7. The van der Waals surface area contributed by atoms with Crippen LogP contribution >= 0.6 is 23.4 Å². The van der Waals surface area contributed by atoms with Gasteiger partial charge < -0.3 is 30.1 Å². The molecule has 0 aromatic heterocycles. The highest BCUT2D eigenvalue weighted by molar-refractivity contribution is 7.99. The number of halogens is 1. The lowest BCUT2D eigenvalue weighted by molar-refractivity contribution is -0.218. The standard InChI is InChI=1S/C31H36ClNO6S/c1-3-5-27(34)33-22-9-13-24(14-10-22)40-18-26-28(35)29(36)30(37)31(39-26)20-8-15-25(32)21(17-20)16-19-6-11-23(12-7-19)38-4-2/h6-15,17,26,28-31,35-37H,3-5,16,18H2,1-2H3,(H,33,34)/t26-,28-,29+,30-,31+/m1/s1. The van der Waals surface area contributed by atoms with E-state index >= 15 is 0 Å². The van der Waals surface area contributed by atoms with Crippen molar-refractivity contribution < 1.29 is 29.6 Å². The van der Waals surface area contributed by atoms with E-state index in [0.717, 1.165) is 33.9 Å². The summed E-state index contributed by atoms with van der Waals surface area (Å²) in [4.78, 5) is 12.7. The Morgan fingerprint density at radius 2 is 1.70 bits per heavy atom. The molecule has 3 aromatic carbocycles. The second-order valence-corrected chi connectivity index (χ2v) is 11.3. The quantitative estimate of drug-likeness (QED) is 0.224. The first-order valence-corrected chi connectivity index (χ1v) is 14.9. The monoisotopic (exact) mass is 585 g/mol. The van der Waals surface area contributed by atoms with Crippen molar-refractivity contribution in [2.75, 3.05) is 17.7 Å². The van der Waals surface area contributed by atoms with E-state index in [4.69, 9.17) is 21.1 Å². The zero-order valence-corrected chi connectivity index (χ0v) is 24.2. The molecule has 1 heterocycles. The highest BCUT2D eigenvalue weighted by atomic mass is 35.5. The van der Waals surface area contributed by atoms with Crippen molar-refractivity contribution in [3.05, 3.63) is 88.4 Å². The summed E-state index contributed by atoms with van der Waals surface area (Å²) >= 11 is 7.97. The lowest BCUT2D eigenvalue weighted by Crippen LogP contribution is -2.54. The maximum absolute atomic E-state index is 11.8. The minimum atomic E-state index is -1.37. The molecule has 1 saturated heterocycles. The Kier molecular flexibility index (Phi) is 10.9. The smallest absolute Gasteiger partial charge is 0.224 e. The summed E-state index contributed by atoms with van der Waals surface area (Å²) in [5.74, 6) is 1.14. The summed E-state index contributed by atoms with van der Waals surface area (Å²) in [6.45, 7) is 4.49. The lowest BCUT2D eigenvalue weighted by Gasteiger charge is -2.41. The van der Waals surface area contributed by atoms with E-state index in [1.165, 1.54) is 11.8 Å². The summed E-state index contributed by atoms with van der Waals surface area (Å²) in [5.41, 5.74) is 3.30. The number of carbonyl (C=O) groups excluding carboxylic acids is 1. The van der Waals surface area contributed by atoms with Gasteiger partial charge in [0, 0.05) is 27.8 Å². The van der Waals surface area contributed by atoms with Crippen LogP contribution in [0.3, 0.4) is 0 Å². The number of hydrogen-bond donors (Lipinski definition) is 4. The van der Waals surface area contributed by atoms with Gasteiger partial charge in [0.2, 0.25) is 5.91 Å². The molecular formula is C31H36ClNO6S. The molecule has 0 spiro atoms. The van der Waals surface area contributed by atoms with Gasteiger partial charge >= 0.3 is 0 Å². The molecule has 5 atom stereocenters. The van der Waals surface area contributed by atoms with Crippen LogP contribution in [-0.2, 0) is 16.0 Å². The molecule has 0 bridgehead atoms.